The monoisotopic (exact) mass is 618 g/mol. The van der Waals surface area contributed by atoms with Gasteiger partial charge in [0.2, 0.25) is 0 Å². The Hall–Kier alpha value is -5.60. The number of hydrogen-bond donors (Lipinski definition) is 0. The first-order chi connectivity index (χ1) is 23.3. The molecule has 0 unspecified atom stereocenters. The number of rotatable bonds is 4. The van der Waals surface area contributed by atoms with Crippen LogP contribution in [0.4, 0.5) is 0 Å². The molecule has 0 saturated carbocycles. The van der Waals surface area contributed by atoms with Crippen LogP contribution in [0.1, 0.15) is 49.9 Å². The summed E-state index contributed by atoms with van der Waals surface area (Å²) >= 11 is 0. The molecule has 0 aliphatic heterocycles. The lowest BCUT2D eigenvalue weighted by Gasteiger charge is -2.38. The highest BCUT2D eigenvalue weighted by atomic mass is 16.5. The third-order valence-corrected chi connectivity index (χ3v) is 11.1. The van der Waals surface area contributed by atoms with Crippen molar-refractivity contribution in [3.63, 3.8) is 0 Å². The molecule has 0 atom stereocenters. The second-order valence-electron chi connectivity index (χ2n) is 14.5. The van der Waals surface area contributed by atoms with Crippen molar-refractivity contribution in [1.29, 1.82) is 0 Å². The molecule has 0 bridgehead atoms. The normalized spacial score (nSPS) is 15.0. The van der Waals surface area contributed by atoms with Gasteiger partial charge in [-0.1, -0.05) is 100 Å². The first-order valence-corrected chi connectivity index (χ1v) is 16.8. The van der Waals surface area contributed by atoms with Crippen molar-refractivity contribution >= 4 is 32.3 Å². The van der Waals surface area contributed by atoms with Crippen molar-refractivity contribution in [2.45, 2.75) is 38.5 Å². The molecular weight excluding hydrogens is 585 g/mol. The second-order valence-corrected chi connectivity index (χ2v) is 14.5. The molecule has 8 aromatic carbocycles. The first-order valence-electron chi connectivity index (χ1n) is 16.8. The maximum Gasteiger partial charge on any atom is 0.127 e. The fourth-order valence-corrected chi connectivity index (χ4v) is 8.72. The molecule has 230 valence electrons. The number of para-hydroxylation sites is 2. The van der Waals surface area contributed by atoms with E-state index in [4.69, 9.17) is 9.47 Å². The highest BCUT2D eigenvalue weighted by molar-refractivity contribution is 6.31. The Morgan fingerprint density at radius 3 is 1.17 bits per heavy atom. The molecule has 2 nitrogen and oxygen atoms in total. The Bertz CT molecular complexity index is 2410. The van der Waals surface area contributed by atoms with E-state index in [1.165, 1.54) is 76.8 Å². The van der Waals surface area contributed by atoms with E-state index < -0.39 is 0 Å². The van der Waals surface area contributed by atoms with Crippen molar-refractivity contribution in [1.82, 2.24) is 0 Å². The fourth-order valence-electron chi connectivity index (χ4n) is 8.72. The van der Waals surface area contributed by atoms with Crippen LogP contribution in [-0.4, -0.2) is 0 Å². The standard InChI is InChI=1S/C46H34O2/c1-45(2)37-21-15-27-24-36-34-20-18-32(48-30-13-9-6-10-14-30)26-40(34)46(3,4)38-22-16-28-23-35(43(37)41(27)42(28)44(36)38)33-19-17-31(25-39(33)45)47-29-11-7-5-8-12-29/h5-26H,1-4H3. The summed E-state index contributed by atoms with van der Waals surface area (Å²) in [6.07, 6.45) is 0. The summed E-state index contributed by atoms with van der Waals surface area (Å²) in [5.74, 6) is 3.43. The van der Waals surface area contributed by atoms with Gasteiger partial charge < -0.3 is 9.47 Å². The third-order valence-electron chi connectivity index (χ3n) is 11.1. The van der Waals surface area contributed by atoms with E-state index in [0.29, 0.717) is 0 Å². The van der Waals surface area contributed by atoms with Gasteiger partial charge in [0.1, 0.15) is 23.0 Å². The summed E-state index contributed by atoms with van der Waals surface area (Å²) in [5.41, 5.74) is 10.1. The molecule has 0 heterocycles. The Balaban J connectivity index is 1.21. The van der Waals surface area contributed by atoms with Crippen molar-refractivity contribution < 1.29 is 9.47 Å². The summed E-state index contributed by atoms with van der Waals surface area (Å²) in [6.45, 7) is 9.45. The summed E-state index contributed by atoms with van der Waals surface area (Å²) in [6, 6.07) is 47.7. The molecule has 0 radical (unpaired) electrons. The van der Waals surface area contributed by atoms with Gasteiger partial charge in [-0.25, -0.2) is 0 Å². The average Bonchev–Trinajstić information content (AvgIpc) is 3.10. The van der Waals surface area contributed by atoms with Crippen molar-refractivity contribution in [3.8, 4) is 45.3 Å². The molecule has 0 aromatic heterocycles. The maximum atomic E-state index is 6.33. The van der Waals surface area contributed by atoms with Gasteiger partial charge in [-0.3, -0.25) is 0 Å². The Morgan fingerprint density at radius 1 is 0.333 bits per heavy atom. The summed E-state index contributed by atoms with van der Waals surface area (Å²) in [5, 5.41) is 8.11. The SMILES string of the molecule is CC1(C)c2cc(Oc3ccccc3)ccc2-c2cc3ccc4c5c(cc6ccc1c2c6c35)-c1ccc(Oc2ccccc2)cc1C4(C)C. The minimum atomic E-state index is -0.204. The van der Waals surface area contributed by atoms with Crippen LogP contribution >= 0.6 is 0 Å². The number of benzene rings is 8. The predicted octanol–water partition coefficient (Wildman–Crippen LogP) is 12.8. The van der Waals surface area contributed by atoms with E-state index in [0.717, 1.165) is 23.0 Å². The zero-order valence-corrected chi connectivity index (χ0v) is 27.5. The lowest BCUT2D eigenvalue weighted by Crippen LogP contribution is -2.25. The van der Waals surface area contributed by atoms with Crippen LogP contribution in [0.15, 0.2) is 133 Å². The first kappa shape index (κ1) is 27.5. The topological polar surface area (TPSA) is 18.5 Å². The molecular formula is C46H34O2. The third kappa shape index (κ3) is 3.69. The number of hydrogen-bond acceptors (Lipinski definition) is 2. The maximum absolute atomic E-state index is 6.33. The molecule has 0 amide bonds. The fraction of sp³-hybridized carbons (Fsp3) is 0.130. The van der Waals surface area contributed by atoms with Gasteiger partial charge in [-0.05, 0) is 137 Å². The summed E-state index contributed by atoms with van der Waals surface area (Å²) in [4.78, 5) is 0. The molecule has 0 N–H and O–H groups in total. The molecule has 2 aliphatic rings. The molecule has 2 aliphatic carbocycles. The lowest BCUT2D eigenvalue weighted by molar-refractivity contribution is 0.480. The summed E-state index contributed by atoms with van der Waals surface area (Å²) < 4.78 is 12.7. The molecule has 10 rings (SSSR count). The van der Waals surface area contributed by atoms with Gasteiger partial charge in [0.25, 0.3) is 0 Å². The molecule has 0 saturated heterocycles. The quantitative estimate of drug-likeness (QED) is 0.183. The zero-order valence-electron chi connectivity index (χ0n) is 27.5. The van der Waals surface area contributed by atoms with Crippen molar-refractivity contribution in [3.05, 3.63) is 156 Å². The molecule has 0 fully saturated rings. The smallest absolute Gasteiger partial charge is 0.127 e. The van der Waals surface area contributed by atoms with Gasteiger partial charge >= 0.3 is 0 Å². The van der Waals surface area contributed by atoms with Gasteiger partial charge in [-0.2, -0.15) is 0 Å². The van der Waals surface area contributed by atoms with E-state index in [2.05, 4.69) is 100 Å². The van der Waals surface area contributed by atoms with Crippen LogP contribution in [0.2, 0.25) is 0 Å². The van der Waals surface area contributed by atoms with Crippen LogP contribution in [0.5, 0.6) is 23.0 Å². The van der Waals surface area contributed by atoms with Crippen molar-refractivity contribution in [2.75, 3.05) is 0 Å². The van der Waals surface area contributed by atoms with E-state index in [1.54, 1.807) is 0 Å². The van der Waals surface area contributed by atoms with Crippen molar-refractivity contribution in [2.24, 2.45) is 0 Å². The second kappa shape index (κ2) is 9.49. The van der Waals surface area contributed by atoms with Crippen LogP contribution in [0.3, 0.4) is 0 Å². The Kier molecular flexibility index (Phi) is 5.44. The van der Waals surface area contributed by atoms with E-state index >= 15 is 0 Å². The van der Waals surface area contributed by atoms with Crippen LogP contribution < -0.4 is 9.47 Å². The largest absolute Gasteiger partial charge is 0.457 e. The van der Waals surface area contributed by atoms with Crippen LogP contribution in [0.25, 0.3) is 54.6 Å². The van der Waals surface area contributed by atoms with Gasteiger partial charge in [0, 0.05) is 10.8 Å². The minimum Gasteiger partial charge on any atom is -0.457 e. The van der Waals surface area contributed by atoms with Crippen LogP contribution in [-0.2, 0) is 10.8 Å². The highest BCUT2D eigenvalue weighted by Gasteiger charge is 2.38. The predicted molar refractivity (Wildman–Crippen MR) is 198 cm³/mol. The van der Waals surface area contributed by atoms with Gasteiger partial charge in [0.05, 0.1) is 0 Å². The number of fused-ring (bicyclic) bond motifs is 4. The molecule has 8 aromatic rings. The zero-order chi connectivity index (χ0) is 32.4. The Labute approximate surface area is 280 Å². The molecule has 2 heteroatoms. The average molecular weight is 619 g/mol. The molecule has 0 spiro atoms. The highest BCUT2D eigenvalue weighted by Crippen LogP contribution is 2.57. The summed E-state index contributed by atoms with van der Waals surface area (Å²) in [7, 11) is 0. The minimum absolute atomic E-state index is 0.204. The van der Waals surface area contributed by atoms with E-state index in [1.807, 2.05) is 60.7 Å². The van der Waals surface area contributed by atoms with Gasteiger partial charge in [-0.15, -0.1) is 0 Å². The van der Waals surface area contributed by atoms with E-state index in [9.17, 15) is 0 Å². The Morgan fingerprint density at radius 2 is 0.750 bits per heavy atom. The van der Waals surface area contributed by atoms with E-state index in [-0.39, 0.29) is 10.8 Å². The van der Waals surface area contributed by atoms with Crippen LogP contribution in [0, 0.1) is 0 Å². The number of ether oxygens (including phenoxy) is 2. The van der Waals surface area contributed by atoms with Gasteiger partial charge in [0.15, 0.2) is 0 Å². The lowest BCUT2D eigenvalue weighted by atomic mass is 9.65. The molecule has 48 heavy (non-hydrogen) atoms.